The summed E-state index contributed by atoms with van der Waals surface area (Å²) in [6.45, 7) is 0. The first-order valence-corrected chi connectivity index (χ1v) is 7.68. The standard InChI is InChI=1S/C18H11NO2S/c20-10-13-17(12-6-2-1-3-7-12)15(11-21)19-14-8-4-5-9-16(14)22-18(13)19/h1-11H. The number of hydrogen-bond acceptors (Lipinski definition) is 3. The van der Waals surface area contributed by atoms with Crippen LogP contribution >= 0.6 is 11.3 Å². The van der Waals surface area contributed by atoms with E-state index in [1.165, 1.54) is 11.3 Å². The molecule has 0 saturated carbocycles. The molecule has 0 spiro atoms. The number of para-hydroxylation sites is 1. The number of aromatic nitrogens is 1. The molecule has 0 radical (unpaired) electrons. The SMILES string of the molecule is O=Cc1c(-c2ccccc2)c(C=O)n2c1sc1ccccc12. The lowest BCUT2D eigenvalue weighted by Crippen LogP contribution is -1.91. The Morgan fingerprint density at radius 1 is 0.864 bits per heavy atom. The lowest BCUT2D eigenvalue weighted by Gasteiger charge is -2.02. The number of carbonyl (C=O) groups excluding carboxylic acids is 2. The maximum atomic E-state index is 11.8. The van der Waals surface area contributed by atoms with E-state index in [0.29, 0.717) is 16.8 Å². The average Bonchev–Trinajstić information content (AvgIpc) is 3.09. The highest BCUT2D eigenvalue weighted by Crippen LogP contribution is 2.38. The number of hydrogen-bond donors (Lipinski definition) is 0. The van der Waals surface area contributed by atoms with E-state index in [2.05, 4.69) is 0 Å². The summed E-state index contributed by atoms with van der Waals surface area (Å²) in [5.74, 6) is 0. The van der Waals surface area contributed by atoms with Crippen LogP contribution < -0.4 is 0 Å². The van der Waals surface area contributed by atoms with Crippen molar-refractivity contribution >= 4 is 39.0 Å². The van der Waals surface area contributed by atoms with E-state index in [9.17, 15) is 9.59 Å². The van der Waals surface area contributed by atoms with E-state index in [4.69, 9.17) is 0 Å². The number of nitrogens with zero attached hydrogens (tertiary/aromatic N) is 1. The van der Waals surface area contributed by atoms with Crippen molar-refractivity contribution in [3.8, 4) is 11.1 Å². The van der Waals surface area contributed by atoms with E-state index in [1.54, 1.807) is 0 Å². The van der Waals surface area contributed by atoms with E-state index >= 15 is 0 Å². The smallest absolute Gasteiger partial charge is 0.167 e. The maximum Gasteiger partial charge on any atom is 0.167 e. The van der Waals surface area contributed by atoms with Crippen molar-refractivity contribution < 1.29 is 9.59 Å². The number of rotatable bonds is 3. The molecule has 4 rings (SSSR count). The summed E-state index contributed by atoms with van der Waals surface area (Å²) in [7, 11) is 0. The second-order valence-electron chi connectivity index (χ2n) is 4.99. The molecule has 22 heavy (non-hydrogen) atoms. The lowest BCUT2D eigenvalue weighted by molar-refractivity contribution is 0.111. The quantitative estimate of drug-likeness (QED) is 0.525. The molecule has 3 nitrogen and oxygen atoms in total. The molecule has 0 atom stereocenters. The number of aldehydes is 2. The fourth-order valence-electron chi connectivity index (χ4n) is 2.89. The molecule has 0 saturated heterocycles. The highest BCUT2D eigenvalue weighted by Gasteiger charge is 2.22. The van der Waals surface area contributed by atoms with E-state index in [0.717, 1.165) is 33.2 Å². The van der Waals surface area contributed by atoms with Crippen LogP contribution in [0.5, 0.6) is 0 Å². The van der Waals surface area contributed by atoms with Crippen LogP contribution in [0, 0.1) is 0 Å². The monoisotopic (exact) mass is 305 g/mol. The van der Waals surface area contributed by atoms with Gasteiger partial charge in [0.15, 0.2) is 12.6 Å². The van der Waals surface area contributed by atoms with Crippen LogP contribution in [-0.2, 0) is 0 Å². The van der Waals surface area contributed by atoms with Gasteiger partial charge in [-0.2, -0.15) is 0 Å². The largest absolute Gasteiger partial charge is 0.298 e. The van der Waals surface area contributed by atoms with Crippen molar-refractivity contribution in [2.45, 2.75) is 0 Å². The van der Waals surface area contributed by atoms with Crippen molar-refractivity contribution in [2.24, 2.45) is 0 Å². The van der Waals surface area contributed by atoms with Crippen molar-refractivity contribution in [1.29, 1.82) is 0 Å². The van der Waals surface area contributed by atoms with E-state index in [-0.39, 0.29) is 0 Å². The van der Waals surface area contributed by atoms with Gasteiger partial charge in [0.2, 0.25) is 0 Å². The van der Waals surface area contributed by atoms with Crippen LogP contribution in [0.15, 0.2) is 54.6 Å². The van der Waals surface area contributed by atoms with Crippen molar-refractivity contribution in [3.63, 3.8) is 0 Å². The Hall–Kier alpha value is -2.72. The van der Waals surface area contributed by atoms with Gasteiger partial charge in [-0.05, 0) is 17.7 Å². The van der Waals surface area contributed by atoms with Gasteiger partial charge in [-0.25, -0.2) is 0 Å². The van der Waals surface area contributed by atoms with Crippen molar-refractivity contribution in [2.75, 3.05) is 0 Å². The van der Waals surface area contributed by atoms with Gasteiger partial charge in [0, 0.05) is 5.56 Å². The van der Waals surface area contributed by atoms with Crippen LogP contribution in [0.3, 0.4) is 0 Å². The van der Waals surface area contributed by atoms with Gasteiger partial charge < -0.3 is 0 Å². The molecule has 2 heterocycles. The Kier molecular flexibility index (Phi) is 2.91. The predicted molar refractivity (Wildman–Crippen MR) is 89.0 cm³/mol. The number of benzene rings is 2. The fraction of sp³-hybridized carbons (Fsp3) is 0. The fourth-order valence-corrected chi connectivity index (χ4v) is 4.05. The molecule has 2 aromatic heterocycles. The molecule has 0 bridgehead atoms. The third-order valence-corrected chi connectivity index (χ3v) is 4.97. The zero-order chi connectivity index (χ0) is 15.1. The molecule has 2 aromatic carbocycles. The molecule has 106 valence electrons. The van der Waals surface area contributed by atoms with Crippen LogP contribution in [0.4, 0.5) is 0 Å². The Bertz CT molecular complexity index is 1010. The van der Waals surface area contributed by atoms with Crippen LogP contribution in [0.2, 0.25) is 0 Å². The molecule has 4 aromatic rings. The summed E-state index contributed by atoms with van der Waals surface area (Å²) in [5.41, 5.74) is 3.65. The van der Waals surface area contributed by atoms with Crippen LogP contribution in [0.25, 0.3) is 26.2 Å². The van der Waals surface area contributed by atoms with Crippen LogP contribution in [-0.4, -0.2) is 17.0 Å². The van der Waals surface area contributed by atoms with Crippen molar-refractivity contribution in [3.05, 3.63) is 65.9 Å². The molecular weight excluding hydrogens is 294 g/mol. The zero-order valence-electron chi connectivity index (χ0n) is 11.5. The molecule has 4 heteroatoms. The van der Waals surface area contributed by atoms with Gasteiger partial charge in [0.1, 0.15) is 4.83 Å². The first-order chi connectivity index (χ1) is 10.8. The minimum absolute atomic E-state index is 0.528. The van der Waals surface area contributed by atoms with Gasteiger partial charge in [-0.15, -0.1) is 11.3 Å². The Balaban J connectivity index is 2.22. The number of carbonyl (C=O) groups is 2. The molecule has 0 amide bonds. The molecule has 0 aliphatic rings. The second-order valence-corrected chi connectivity index (χ2v) is 6.02. The summed E-state index contributed by atoms with van der Waals surface area (Å²) in [5, 5.41) is 0. The maximum absolute atomic E-state index is 11.8. The third-order valence-electron chi connectivity index (χ3n) is 3.80. The minimum atomic E-state index is 0.528. The Morgan fingerprint density at radius 2 is 1.59 bits per heavy atom. The first kappa shape index (κ1) is 13.0. The summed E-state index contributed by atoms with van der Waals surface area (Å²) in [4.78, 5) is 24.3. The number of thiazole rings is 1. The second kappa shape index (κ2) is 4.93. The Morgan fingerprint density at radius 3 is 2.32 bits per heavy atom. The summed E-state index contributed by atoms with van der Waals surface area (Å²) in [6.07, 6.45) is 1.68. The lowest BCUT2D eigenvalue weighted by atomic mass is 10.0. The predicted octanol–water partition coefficient (Wildman–Crippen LogP) is 4.45. The van der Waals surface area contributed by atoms with Gasteiger partial charge >= 0.3 is 0 Å². The summed E-state index contributed by atoms with van der Waals surface area (Å²) >= 11 is 1.53. The normalized spacial score (nSPS) is 11.1. The molecular formula is C18H11NO2S. The third kappa shape index (κ3) is 1.68. The molecule has 0 fully saturated rings. The minimum Gasteiger partial charge on any atom is -0.298 e. The van der Waals surface area contributed by atoms with Gasteiger partial charge in [-0.1, -0.05) is 42.5 Å². The Labute approximate surface area is 130 Å². The molecule has 0 aliphatic carbocycles. The van der Waals surface area contributed by atoms with Crippen LogP contribution in [0.1, 0.15) is 20.8 Å². The highest BCUT2D eigenvalue weighted by atomic mass is 32.1. The summed E-state index contributed by atoms with van der Waals surface area (Å²) < 4.78 is 2.95. The van der Waals surface area contributed by atoms with Crippen molar-refractivity contribution in [1.82, 2.24) is 4.40 Å². The zero-order valence-corrected chi connectivity index (χ0v) is 12.3. The highest BCUT2D eigenvalue weighted by molar-refractivity contribution is 7.24. The number of fused-ring (bicyclic) bond motifs is 3. The first-order valence-electron chi connectivity index (χ1n) is 6.87. The average molecular weight is 305 g/mol. The molecule has 0 N–H and O–H groups in total. The topological polar surface area (TPSA) is 38.5 Å². The summed E-state index contributed by atoms with van der Waals surface area (Å²) in [6, 6.07) is 17.4. The van der Waals surface area contributed by atoms with Gasteiger partial charge in [0.25, 0.3) is 0 Å². The molecule has 0 unspecified atom stereocenters. The van der Waals surface area contributed by atoms with E-state index in [1.807, 2.05) is 59.0 Å². The van der Waals surface area contributed by atoms with Gasteiger partial charge in [0.05, 0.1) is 21.5 Å². The van der Waals surface area contributed by atoms with Gasteiger partial charge in [-0.3, -0.25) is 14.0 Å². The molecule has 0 aliphatic heterocycles. The van der Waals surface area contributed by atoms with E-state index < -0.39 is 0 Å².